The quantitative estimate of drug-likeness (QED) is 0.449. The lowest BCUT2D eigenvalue weighted by molar-refractivity contribution is -0.120. The monoisotopic (exact) mass is 427 g/mol. The first-order valence-corrected chi connectivity index (χ1v) is 11.1. The highest BCUT2D eigenvalue weighted by Crippen LogP contribution is 2.22. The summed E-state index contributed by atoms with van der Waals surface area (Å²) < 4.78 is 12.1. The van der Waals surface area contributed by atoms with Gasteiger partial charge in [-0.2, -0.15) is 0 Å². The SMILES string of the molecule is O=C1C=CO[C@@H]([C@H](COCc2ccccc2)N(Cc2ccccc2)Cc2ccccc2)C1. The van der Waals surface area contributed by atoms with Gasteiger partial charge >= 0.3 is 0 Å². The average molecular weight is 428 g/mol. The zero-order chi connectivity index (χ0) is 22.0. The normalized spacial score (nSPS) is 16.7. The van der Waals surface area contributed by atoms with Crippen molar-refractivity contribution in [2.75, 3.05) is 6.61 Å². The molecule has 0 saturated carbocycles. The minimum absolute atomic E-state index is 0.0759. The van der Waals surface area contributed by atoms with E-state index in [9.17, 15) is 4.79 Å². The van der Waals surface area contributed by atoms with Crippen molar-refractivity contribution < 1.29 is 14.3 Å². The minimum atomic E-state index is -0.254. The number of carbonyl (C=O) groups is 1. The van der Waals surface area contributed by atoms with E-state index < -0.39 is 0 Å². The van der Waals surface area contributed by atoms with Gasteiger partial charge in [0.15, 0.2) is 5.78 Å². The van der Waals surface area contributed by atoms with Gasteiger partial charge in [-0.3, -0.25) is 9.69 Å². The second-order valence-corrected chi connectivity index (χ2v) is 8.09. The fourth-order valence-corrected chi connectivity index (χ4v) is 4.00. The summed E-state index contributed by atoms with van der Waals surface area (Å²) in [5.74, 6) is 0.0914. The highest BCUT2D eigenvalue weighted by molar-refractivity contribution is 5.90. The Bertz CT molecular complexity index is 947. The Kier molecular flexibility index (Phi) is 7.85. The predicted octanol–water partition coefficient (Wildman–Crippen LogP) is 5.15. The van der Waals surface area contributed by atoms with Crippen molar-refractivity contribution in [3.63, 3.8) is 0 Å². The van der Waals surface area contributed by atoms with Crippen molar-refractivity contribution in [3.05, 3.63) is 120 Å². The third kappa shape index (κ3) is 6.39. The lowest BCUT2D eigenvalue weighted by Gasteiger charge is -2.37. The number of hydrogen-bond acceptors (Lipinski definition) is 4. The van der Waals surface area contributed by atoms with E-state index in [0.717, 1.165) is 18.7 Å². The molecule has 1 heterocycles. The molecule has 3 aromatic rings. The molecule has 32 heavy (non-hydrogen) atoms. The third-order valence-corrected chi connectivity index (χ3v) is 5.66. The number of rotatable bonds is 10. The van der Waals surface area contributed by atoms with E-state index in [-0.39, 0.29) is 17.9 Å². The smallest absolute Gasteiger partial charge is 0.162 e. The molecule has 0 aliphatic carbocycles. The molecule has 0 radical (unpaired) electrons. The number of ether oxygens (including phenoxy) is 2. The molecule has 0 unspecified atom stereocenters. The van der Waals surface area contributed by atoms with Crippen LogP contribution >= 0.6 is 0 Å². The number of hydrogen-bond donors (Lipinski definition) is 0. The molecule has 1 aliphatic heterocycles. The fraction of sp³-hybridized carbons (Fsp3) is 0.250. The van der Waals surface area contributed by atoms with Crippen LogP contribution in [-0.4, -0.2) is 29.4 Å². The van der Waals surface area contributed by atoms with Gasteiger partial charge in [0, 0.05) is 25.6 Å². The van der Waals surface area contributed by atoms with Gasteiger partial charge in [0.05, 0.1) is 25.5 Å². The summed E-state index contributed by atoms with van der Waals surface area (Å²) in [7, 11) is 0. The van der Waals surface area contributed by atoms with E-state index in [4.69, 9.17) is 9.47 Å². The maximum absolute atomic E-state index is 12.2. The van der Waals surface area contributed by atoms with Crippen molar-refractivity contribution in [1.82, 2.24) is 4.90 Å². The molecule has 0 amide bonds. The summed E-state index contributed by atoms with van der Waals surface area (Å²) in [6.07, 6.45) is 3.15. The molecule has 164 valence electrons. The molecule has 0 saturated heterocycles. The predicted molar refractivity (Wildman–Crippen MR) is 126 cm³/mol. The van der Waals surface area contributed by atoms with Crippen molar-refractivity contribution in [2.45, 2.75) is 38.3 Å². The van der Waals surface area contributed by atoms with Crippen LogP contribution in [0.5, 0.6) is 0 Å². The van der Waals surface area contributed by atoms with Crippen LogP contribution in [0.1, 0.15) is 23.1 Å². The van der Waals surface area contributed by atoms with Gasteiger partial charge in [0.2, 0.25) is 0 Å². The highest BCUT2D eigenvalue weighted by Gasteiger charge is 2.32. The van der Waals surface area contributed by atoms with Gasteiger partial charge < -0.3 is 9.47 Å². The van der Waals surface area contributed by atoms with Gasteiger partial charge in [0.25, 0.3) is 0 Å². The molecule has 0 aromatic heterocycles. The lowest BCUT2D eigenvalue weighted by atomic mass is 10.0. The summed E-state index contributed by atoms with van der Waals surface area (Å²) in [4.78, 5) is 14.6. The summed E-state index contributed by atoms with van der Waals surface area (Å²) in [6.45, 7) is 2.48. The first-order valence-electron chi connectivity index (χ1n) is 11.1. The first-order chi connectivity index (χ1) is 15.8. The van der Waals surface area contributed by atoms with E-state index in [1.807, 2.05) is 30.3 Å². The van der Waals surface area contributed by atoms with E-state index in [0.29, 0.717) is 19.6 Å². The van der Waals surface area contributed by atoms with Gasteiger partial charge in [-0.15, -0.1) is 0 Å². The molecule has 0 N–H and O–H groups in total. The van der Waals surface area contributed by atoms with E-state index >= 15 is 0 Å². The number of ketones is 1. The van der Waals surface area contributed by atoms with E-state index in [2.05, 4.69) is 65.6 Å². The number of benzene rings is 3. The topological polar surface area (TPSA) is 38.8 Å². The molecule has 3 aromatic carbocycles. The van der Waals surface area contributed by atoms with Crippen LogP contribution in [0.3, 0.4) is 0 Å². The second kappa shape index (κ2) is 11.4. The van der Waals surface area contributed by atoms with Crippen molar-refractivity contribution in [2.24, 2.45) is 0 Å². The first kappa shape index (κ1) is 22.0. The third-order valence-electron chi connectivity index (χ3n) is 5.66. The van der Waals surface area contributed by atoms with Crippen LogP contribution in [0, 0.1) is 0 Å². The summed E-state index contributed by atoms with van der Waals surface area (Å²) >= 11 is 0. The fourth-order valence-electron chi connectivity index (χ4n) is 4.00. The zero-order valence-corrected chi connectivity index (χ0v) is 18.2. The van der Waals surface area contributed by atoms with Crippen LogP contribution in [-0.2, 0) is 34.0 Å². The summed E-state index contributed by atoms with van der Waals surface area (Å²) in [6, 6.07) is 30.9. The molecule has 2 atom stereocenters. The average Bonchev–Trinajstić information content (AvgIpc) is 2.83. The minimum Gasteiger partial charge on any atom is -0.496 e. The Morgan fingerprint density at radius 2 is 1.34 bits per heavy atom. The Morgan fingerprint density at radius 3 is 1.88 bits per heavy atom. The van der Waals surface area contributed by atoms with Crippen molar-refractivity contribution in [1.29, 1.82) is 0 Å². The number of allylic oxidation sites excluding steroid dienone is 1. The Hall–Kier alpha value is -3.21. The second-order valence-electron chi connectivity index (χ2n) is 8.09. The standard InChI is InChI=1S/C28H29NO3/c30-26-16-17-32-28(18-26)27(22-31-21-25-14-8-3-9-15-25)29(19-23-10-4-1-5-11-23)20-24-12-6-2-7-13-24/h1-17,27-28H,18-22H2/t27-,28+/m0/s1. The van der Waals surface area contributed by atoms with Crippen LogP contribution in [0.15, 0.2) is 103 Å². The number of carbonyl (C=O) groups excluding carboxylic acids is 1. The van der Waals surface area contributed by atoms with Crippen molar-refractivity contribution >= 4 is 5.78 Å². The molecular weight excluding hydrogens is 398 g/mol. The largest absolute Gasteiger partial charge is 0.496 e. The number of nitrogens with zero attached hydrogens (tertiary/aromatic N) is 1. The van der Waals surface area contributed by atoms with Crippen LogP contribution in [0.2, 0.25) is 0 Å². The van der Waals surface area contributed by atoms with E-state index in [1.165, 1.54) is 23.5 Å². The molecular formula is C28H29NO3. The highest BCUT2D eigenvalue weighted by atomic mass is 16.5. The Labute approximate surface area is 190 Å². The summed E-state index contributed by atoms with van der Waals surface area (Å²) in [5, 5.41) is 0. The maximum Gasteiger partial charge on any atom is 0.162 e. The van der Waals surface area contributed by atoms with Gasteiger partial charge in [-0.1, -0.05) is 91.0 Å². The van der Waals surface area contributed by atoms with Crippen LogP contribution in [0.25, 0.3) is 0 Å². The molecule has 0 spiro atoms. The molecule has 4 rings (SSSR count). The molecule has 4 nitrogen and oxygen atoms in total. The Balaban J connectivity index is 1.56. The lowest BCUT2D eigenvalue weighted by Crippen LogP contribution is -2.48. The molecule has 1 aliphatic rings. The molecule has 4 heteroatoms. The van der Waals surface area contributed by atoms with Crippen molar-refractivity contribution in [3.8, 4) is 0 Å². The molecule has 0 fully saturated rings. The van der Waals surface area contributed by atoms with Crippen LogP contribution < -0.4 is 0 Å². The Morgan fingerprint density at radius 1 is 0.812 bits per heavy atom. The van der Waals surface area contributed by atoms with Crippen LogP contribution in [0.4, 0.5) is 0 Å². The van der Waals surface area contributed by atoms with Gasteiger partial charge in [-0.25, -0.2) is 0 Å². The molecule has 0 bridgehead atoms. The zero-order valence-electron chi connectivity index (χ0n) is 18.2. The summed E-state index contributed by atoms with van der Waals surface area (Å²) in [5.41, 5.74) is 3.56. The maximum atomic E-state index is 12.2. The van der Waals surface area contributed by atoms with Gasteiger partial charge in [-0.05, 0) is 16.7 Å². The van der Waals surface area contributed by atoms with E-state index in [1.54, 1.807) is 0 Å². The van der Waals surface area contributed by atoms with Gasteiger partial charge in [0.1, 0.15) is 6.10 Å².